The van der Waals surface area contributed by atoms with E-state index in [2.05, 4.69) is 9.71 Å². The molecule has 1 N–H and O–H groups in total. The average molecular weight is 356 g/mol. The molecule has 5 nitrogen and oxygen atoms in total. The standard InChI is InChI=1S/C19H20N2O3S/c1-4-24-18-9-13(2)14(3)10-19(18)25(22,23)21-16-11-15-7-5-6-8-17(15)20-12-16/h5-12,21H,4H2,1-3H3. The zero-order chi connectivity index (χ0) is 18.0. The van der Waals surface area contributed by atoms with Crippen molar-refractivity contribution in [2.75, 3.05) is 11.3 Å². The number of para-hydroxylation sites is 1. The van der Waals surface area contributed by atoms with E-state index in [1.165, 1.54) is 6.20 Å². The van der Waals surface area contributed by atoms with Crippen molar-refractivity contribution in [3.05, 3.63) is 59.8 Å². The van der Waals surface area contributed by atoms with Gasteiger partial charge in [-0.3, -0.25) is 9.71 Å². The first-order valence-corrected chi connectivity index (χ1v) is 9.50. The maximum absolute atomic E-state index is 12.9. The molecule has 25 heavy (non-hydrogen) atoms. The van der Waals surface area contributed by atoms with Gasteiger partial charge < -0.3 is 4.74 Å². The SMILES string of the molecule is CCOc1cc(C)c(C)cc1S(=O)(=O)Nc1cnc2ccccc2c1. The van der Waals surface area contributed by atoms with Crippen LogP contribution in [0.4, 0.5) is 5.69 Å². The minimum atomic E-state index is -3.79. The van der Waals surface area contributed by atoms with Gasteiger partial charge in [-0.05, 0) is 56.2 Å². The first-order valence-electron chi connectivity index (χ1n) is 8.02. The molecule has 0 bridgehead atoms. The van der Waals surface area contributed by atoms with Crippen LogP contribution < -0.4 is 9.46 Å². The zero-order valence-electron chi connectivity index (χ0n) is 14.4. The molecule has 0 saturated carbocycles. The van der Waals surface area contributed by atoms with Gasteiger partial charge in [0.2, 0.25) is 0 Å². The monoisotopic (exact) mass is 356 g/mol. The number of rotatable bonds is 5. The molecule has 0 saturated heterocycles. The normalized spacial score (nSPS) is 11.5. The summed E-state index contributed by atoms with van der Waals surface area (Å²) in [6, 6.07) is 12.7. The fourth-order valence-corrected chi connectivity index (χ4v) is 3.83. The predicted octanol–water partition coefficient (Wildman–Crippen LogP) is 4.05. The fraction of sp³-hybridized carbons (Fsp3) is 0.211. The molecule has 1 aromatic heterocycles. The Morgan fingerprint density at radius 2 is 1.80 bits per heavy atom. The molecule has 3 rings (SSSR count). The van der Waals surface area contributed by atoms with Crippen molar-refractivity contribution in [2.24, 2.45) is 0 Å². The number of benzene rings is 2. The number of nitrogens with one attached hydrogen (secondary N) is 1. The third-order valence-corrected chi connectivity index (χ3v) is 5.39. The van der Waals surface area contributed by atoms with Crippen molar-refractivity contribution in [1.82, 2.24) is 4.98 Å². The molecule has 1 heterocycles. The van der Waals surface area contributed by atoms with Crippen LogP contribution in [-0.4, -0.2) is 20.0 Å². The summed E-state index contributed by atoms with van der Waals surface area (Å²) < 4.78 is 33.9. The van der Waals surface area contributed by atoms with Gasteiger partial charge in [-0.1, -0.05) is 18.2 Å². The van der Waals surface area contributed by atoms with Gasteiger partial charge in [0.25, 0.3) is 10.0 Å². The molecule has 0 fully saturated rings. The second-order valence-electron chi connectivity index (χ2n) is 5.84. The summed E-state index contributed by atoms with van der Waals surface area (Å²) in [5.74, 6) is 0.354. The predicted molar refractivity (Wildman–Crippen MR) is 99.6 cm³/mol. The summed E-state index contributed by atoms with van der Waals surface area (Å²) in [6.45, 7) is 6.02. The van der Waals surface area contributed by atoms with Crippen LogP contribution in [0, 0.1) is 13.8 Å². The number of ether oxygens (including phenoxy) is 1. The Balaban J connectivity index is 2.02. The number of anilines is 1. The van der Waals surface area contributed by atoms with Crippen molar-refractivity contribution in [3.63, 3.8) is 0 Å². The van der Waals surface area contributed by atoms with Crippen molar-refractivity contribution >= 4 is 26.6 Å². The van der Waals surface area contributed by atoms with Crippen LogP contribution in [0.15, 0.2) is 53.6 Å². The third kappa shape index (κ3) is 3.58. The maximum Gasteiger partial charge on any atom is 0.265 e. The summed E-state index contributed by atoms with van der Waals surface area (Å²) in [5, 5.41) is 0.868. The van der Waals surface area contributed by atoms with E-state index in [4.69, 9.17) is 4.74 Å². The topological polar surface area (TPSA) is 68.3 Å². The minimum Gasteiger partial charge on any atom is -0.492 e. The van der Waals surface area contributed by atoms with Crippen LogP contribution in [-0.2, 0) is 10.0 Å². The molecule has 0 unspecified atom stereocenters. The molecule has 0 spiro atoms. The molecule has 0 radical (unpaired) electrons. The third-order valence-electron chi connectivity index (χ3n) is 3.99. The van der Waals surface area contributed by atoms with E-state index in [1.807, 2.05) is 45.0 Å². The minimum absolute atomic E-state index is 0.130. The van der Waals surface area contributed by atoms with Crippen LogP contribution in [0.2, 0.25) is 0 Å². The Labute approximate surface area is 147 Å². The molecule has 0 atom stereocenters. The number of pyridine rings is 1. The molecule has 3 aromatic rings. The Bertz CT molecular complexity index is 1030. The van der Waals surface area contributed by atoms with Gasteiger partial charge in [-0.15, -0.1) is 0 Å². The van der Waals surface area contributed by atoms with Gasteiger partial charge >= 0.3 is 0 Å². The first-order chi connectivity index (χ1) is 11.9. The lowest BCUT2D eigenvalue weighted by Crippen LogP contribution is -2.15. The highest BCUT2D eigenvalue weighted by molar-refractivity contribution is 7.92. The van der Waals surface area contributed by atoms with Gasteiger partial charge in [0, 0.05) is 5.39 Å². The Morgan fingerprint density at radius 3 is 2.56 bits per heavy atom. The molecule has 130 valence electrons. The van der Waals surface area contributed by atoms with Crippen molar-refractivity contribution in [2.45, 2.75) is 25.7 Å². The van der Waals surface area contributed by atoms with Gasteiger partial charge in [0.05, 0.1) is 24.0 Å². The van der Waals surface area contributed by atoms with Crippen LogP contribution in [0.25, 0.3) is 10.9 Å². The number of hydrogen-bond donors (Lipinski definition) is 1. The summed E-state index contributed by atoms with van der Waals surface area (Å²) in [7, 11) is -3.79. The average Bonchev–Trinajstić information content (AvgIpc) is 2.57. The molecule has 0 aliphatic rings. The van der Waals surface area contributed by atoms with Crippen LogP contribution in [0.1, 0.15) is 18.1 Å². The van der Waals surface area contributed by atoms with Gasteiger partial charge in [0.15, 0.2) is 0 Å². The maximum atomic E-state index is 12.9. The molecular weight excluding hydrogens is 336 g/mol. The van der Waals surface area contributed by atoms with E-state index < -0.39 is 10.0 Å². The van der Waals surface area contributed by atoms with E-state index in [1.54, 1.807) is 18.2 Å². The van der Waals surface area contributed by atoms with Crippen molar-refractivity contribution in [1.29, 1.82) is 0 Å². The lowest BCUT2D eigenvalue weighted by atomic mass is 10.1. The van der Waals surface area contributed by atoms with Gasteiger partial charge in [0.1, 0.15) is 10.6 Å². The number of hydrogen-bond acceptors (Lipinski definition) is 4. The second-order valence-corrected chi connectivity index (χ2v) is 7.49. The van der Waals surface area contributed by atoms with Crippen molar-refractivity contribution < 1.29 is 13.2 Å². The molecule has 0 aliphatic heterocycles. The lowest BCUT2D eigenvalue weighted by Gasteiger charge is -2.15. The smallest absolute Gasteiger partial charge is 0.265 e. The number of fused-ring (bicyclic) bond motifs is 1. The molecule has 2 aromatic carbocycles. The summed E-state index contributed by atoms with van der Waals surface area (Å²) in [4.78, 5) is 4.42. The Morgan fingerprint density at radius 1 is 1.08 bits per heavy atom. The zero-order valence-corrected chi connectivity index (χ0v) is 15.2. The highest BCUT2D eigenvalue weighted by atomic mass is 32.2. The number of aromatic nitrogens is 1. The van der Waals surface area contributed by atoms with Crippen LogP contribution >= 0.6 is 0 Å². The summed E-state index contributed by atoms with van der Waals surface area (Å²) in [6.07, 6.45) is 1.52. The highest BCUT2D eigenvalue weighted by Crippen LogP contribution is 2.29. The highest BCUT2D eigenvalue weighted by Gasteiger charge is 2.21. The fourth-order valence-electron chi connectivity index (χ4n) is 2.58. The first kappa shape index (κ1) is 17.2. The van der Waals surface area contributed by atoms with Crippen molar-refractivity contribution in [3.8, 4) is 5.75 Å². The van der Waals surface area contributed by atoms with E-state index in [0.29, 0.717) is 18.0 Å². The van der Waals surface area contributed by atoms with E-state index >= 15 is 0 Å². The summed E-state index contributed by atoms with van der Waals surface area (Å²) in [5.41, 5.74) is 3.10. The largest absolute Gasteiger partial charge is 0.492 e. The van der Waals surface area contributed by atoms with Gasteiger partial charge in [-0.25, -0.2) is 8.42 Å². The quantitative estimate of drug-likeness (QED) is 0.749. The number of sulfonamides is 1. The van der Waals surface area contributed by atoms with E-state index in [0.717, 1.165) is 22.0 Å². The number of nitrogens with zero attached hydrogens (tertiary/aromatic N) is 1. The second kappa shape index (κ2) is 6.72. The van der Waals surface area contributed by atoms with E-state index in [9.17, 15) is 8.42 Å². The van der Waals surface area contributed by atoms with E-state index in [-0.39, 0.29) is 4.90 Å². The lowest BCUT2D eigenvalue weighted by molar-refractivity contribution is 0.331. The molecule has 0 amide bonds. The number of aryl methyl sites for hydroxylation is 2. The summed E-state index contributed by atoms with van der Waals surface area (Å²) >= 11 is 0. The van der Waals surface area contributed by atoms with Crippen LogP contribution in [0.5, 0.6) is 5.75 Å². The van der Waals surface area contributed by atoms with Crippen LogP contribution in [0.3, 0.4) is 0 Å². The molecule has 0 aliphatic carbocycles. The molecular formula is C19H20N2O3S. The Hall–Kier alpha value is -2.60. The Kier molecular flexibility index (Phi) is 4.63. The van der Waals surface area contributed by atoms with Gasteiger partial charge in [-0.2, -0.15) is 0 Å². The molecule has 6 heteroatoms.